The Bertz CT molecular complexity index is 789. The average Bonchev–Trinajstić information content (AvgIpc) is 2.77. The van der Waals surface area contributed by atoms with Crippen LogP contribution in [0.15, 0.2) is 54.6 Å². The molecule has 7 nitrogen and oxygen atoms in total. The number of anilines is 2. The smallest absolute Gasteiger partial charge is 0.347 e. The molecule has 0 unspecified atom stereocenters. The summed E-state index contributed by atoms with van der Waals surface area (Å²) in [5.41, 5.74) is 1.73. The number of ether oxygens (including phenoxy) is 3. The van der Waals surface area contributed by atoms with Crippen molar-refractivity contribution in [1.29, 1.82) is 0 Å². The third-order valence-electron chi connectivity index (χ3n) is 4.53. The van der Waals surface area contributed by atoms with Gasteiger partial charge < -0.3 is 24.4 Å². The number of nitrogens with zero attached hydrogens (tertiary/aromatic N) is 1. The molecule has 0 aromatic heterocycles. The van der Waals surface area contributed by atoms with Crippen LogP contribution in [0.4, 0.5) is 11.4 Å². The van der Waals surface area contributed by atoms with E-state index >= 15 is 0 Å². The Labute approximate surface area is 170 Å². The summed E-state index contributed by atoms with van der Waals surface area (Å²) in [5, 5.41) is 2.73. The highest BCUT2D eigenvalue weighted by Gasteiger charge is 2.21. The Kier molecular flexibility index (Phi) is 7.47. The van der Waals surface area contributed by atoms with Gasteiger partial charge in [0.15, 0.2) is 12.7 Å². The second-order valence-corrected chi connectivity index (χ2v) is 6.63. The zero-order valence-corrected chi connectivity index (χ0v) is 16.5. The predicted molar refractivity (Wildman–Crippen MR) is 110 cm³/mol. The van der Waals surface area contributed by atoms with E-state index in [0.29, 0.717) is 17.9 Å². The van der Waals surface area contributed by atoms with E-state index in [2.05, 4.69) is 10.2 Å². The SMILES string of the molecule is CC[C@H](Oc1ccccc1)C(=O)OCC(=O)Nc1ccc(N2CCOCC2)cc1. The first-order valence-electron chi connectivity index (χ1n) is 9.76. The molecule has 3 rings (SSSR count). The average molecular weight is 398 g/mol. The maximum atomic E-state index is 12.2. The van der Waals surface area contributed by atoms with Crippen LogP contribution in [0.25, 0.3) is 0 Å². The highest BCUT2D eigenvalue weighted by Crippen LogP contribution is 2.19. The lowest BCUT2D eigenvalue weighted by Crippen LogP contribution is -2.36. The van der Waals surface area contributed by atoms with Gasteiger partial charge in [-0.15, -0.1) is 0 Å². The molecule has 7 heteroatoms. The van der Waals surface area contributed by atoms with Gasteiger partial charge in [-0.1, -0.05) is 25.1 Å². The van der Waals surface area contributed by atoms with Crippen molar-refractivity contribution in [3.8, 4) is 5.75 Å². The standard InChI is InChI=1S/C22H26N2O5/c1-2-20(29-19-6-4-3-5-7-19)22(26)28-16-21(25)23-17-8-10-18(11-9-17)24-12-14-27-15-13-24/h3-11,20H,2,12-16H2,1H3,(H,23,25)/t20-/m0/s1. The van der Waals surface area contributed by atoms with Gasteiger partial charge in [-0.05, 0) is 42.8 Å². The molecule has 1 aliphatic rings. The van der Waals surface area contributed by atoms with E-state index in [4.69, 9.17) is 14.2 Å². The number of morpholine rings is 1. The summed E-state index contributed by atoms with van der Waals surface area (Å²) in [4.78, 5) is 26.6. The van der Waals surface area contributed by atoms with Crippen LogP contribution >= 0.6 is 0 Å². The summed E-state index contributed by atoms with van der Waals surface area (Å²) < 4.78 is 16.1. The van der Waals surface area contributed by atoms with Gasteiger partial charge in [0, 0.05) is 24.5 Å². The Morgan fingerprint density at radius 1 is 1.07 bits per heavy atom. The number of amides is 1. The van der Waals surface area contributed by atoms with Crippen molar-refractivity contribution in [2.24, 2.45) is 0 Å². The molecule has 29 heavy (non-hydrogen) atoms. The van der Waals surface area contributed by atoms with Crippen LogP contribution in [0.5, 0.6) is 5.75 Å². The highest BCUT2D eigenvalue weighted by molar-refractivity contribution is 5.93. The first-order valence-corrected chi connectivity index (χ1v) is 9.76. The maximum absolute atomic E-state index is 12.2. The molecular weight excluding hydrogens is 372 g/mol. The van der Waals surface area contributed by atoms with E-state index in [0.717, 1.165) is 32.0 Å². The van der Waals surface area contributed by atoms with Gasteiger partial charge in [0.25, 0.3) is 5.91 Å². The fourth-order valence-electron chi connectivity index (χ4n) is 2.97. The van der Waals surface area contributed by atoms with Crippen molar-refractivity contribution >= 4 is 23.3 Å². The zero-order valence-electron chi connectivity index (χ0n) is 16.5. The third-order valence-corrected chi connectivity index (χ3v) is 4.53. The summed E-state index contributed by atoms with van der Waals surface area (Å²) in [6, 6.07) is 16.6. The van der Waals surface area contributed by atoms with Gasteiger partial charge in [0.2, 0.25) is 0 Å². The monoisotopic (exact) mass is 398 g/mol. The third kappa shape index (κ3) is 6.22. The number of nitrogens with one attached hydrogen (secondary N) is 1. The molecule has 2 aromatic carbocycles. The minimum atomic E-state index is -0.752. The van der Waals surface area contributed by atoms with Crippen LogP contribution < -0.4 is 15.0 Å². The number of rotatable bonds is 8. The predicted octanol–water partition coefficient (Wildman–Crippen LogP) is 2.86. The van der Waals surface area contributed by atoms with E-state index in [9.17, 15) is 9.59 Å². The lowest BCUT2D eigenvalue weighted by Gasteiger charge is -2.28. The Morgan fingerprint density at radius 2 is 1.76 bits per heavy atom. The van der Waals surface area contributed by atoms with Gasteiger partial charge >= 0.3 is 5.97 Å². The number of carbonyl (C=O) groups excluding carboxylic acids is 2. The molecule has 1 fully saturated rings. The molecule has 1 heterocycles. The van der Waals surface area contributed by atoms with Crippen molar-refractivity contribution in [2.45, 2.75) is 19.4 Å². The molecule has 1 atom stereocenters. The van der Waals surface area contributed by atoms with Crippen LogP contribution in [0.3, 0.4) is 0 Å². The molecule has 0 aliphatic carbocycles. The number of para-hydroxylation sites is 1. The Morgan fingerprint density at radius 3 is 2.41 bits per heavy atom. The lowest BCUT2D eigenvalue weighted by atomic mass is 10.2. The number of esters is 1. The fraction of sp³-hybridized carbons (Fsp3) is 0.364. The van der Waals surface area contributed by atoms with Crippen LogP contribution in [-0.4, -0.2) is 50.9 Å². The van der Waals surface area contributed by atoms with Crippen LogP contribution in [0, 0.1) is 0 Å². The molecule has 2 aromatic rings. The van der Waals surface area contributed by atoms with Crippen molar-refractivity contribution in [3.05, 3.63) is 54.6 Å². The summed E-state index contributed by atoms with van der Waals surface area (Å²) in [5.74, 6) is -0.373. The van der Waals surface area contributed by atoms with Crippen molar-refractivity contribution < 1.29 is 23.8 Å². The highest BCUT2D eigenvalue weighted by atomic mass is 16.6. The quantitative estimate of drug-likeness (QED) is 0.689. The topological polar surface area (TPSA) is 77.1 Å². The summed E-state index contributed by atoms with van der Waals surface area (Å²) in [7, 11) is 0. The van der Waals surface area contributed by atoms with Crippen LogP contribution in [0.1, 0.15) is 13.3 Å². The zero-order chi connectivity index (χ0) is 20.5. The Hall–Kier alpha value is -3.06. The lowest BCUT2D eigenvalue weighted by molar-refractivity contribution is -0.154. The first kappa shape index (κ1) is 20.7. The molecule has 0 spiro atoms. The van der Waals surface area contributed by atoms with Crippen molar-refractivity contribution in [1.82, 2.24) is 0 Å². The molecular formula is C22H26N2O5. The second-order valence-electron chi connectivity index (χ2n) is 6.63. The van der Waals surface area contributed by atoms with Gasteiger partial charge in [-0.25, -0.2) is 4.79 Å². The molecule has 0 bridgehead atoms. The molecule has 0 radical (unpaired) electrons. The summed E-state index contributed by atoms with van der Waals surface area (Å²) in [6.07, 6.45) is -0.309. The summed E-state index contributed by atoms with van der Waals surface area (Å²) >= 11 is 0. The molecule has 154 valence electrons. The second kappa shape index (κ2) is 10.5. The maximum Gasteiger partial charge on any atom is 0.347 e. The van der Waals surface area contributed by atoms with E-state index < -0.39 is 18.0 Å². The van der Waals surface area contributed by atoms with Crippen molar-refractivity contribution in [2.75, 3.05) is 43.1 Å². The number of hydrogen-bond donors (Lipinski definition) is 1. The van der Waals surface area contributed by atoms with Gasteiger partial charge in [-0.3, -0.25) is 4.79 Å². The van der Waals surface area contributed by atoms with E-state index in [-0.39, 0.29) is 6.61 Å². The number of hydrogen-bond acceptors (Lipinski definition) is 6. The van der Waals surface area contributed by atoms with E-state index in [1.807, 2.05) is 49.4 Å². The van der Waals surface area contributed by atoms with Gasteiger partial charge in [0.05, 0.1) is 13.2 Å². The van der Waals surface area contributed by atoms with E-state index in [1.54, 1.807) is 12.1 Å². The van der Waals surface area contributed by atoms with Crippen LogP contribution in [0.2, 0.25) is 0 Å². The minimum Gasteiger partial charge on any atom is -0.479 e. The minimum absolute atomic E-state index is 0.362. The normalized spacial score (nSPS) is 14.7. The van der Waals surface area contributed by atoms with Crippen molar-refractivity contribution in [3.63, 3.8) is 0 Å². The summed E-state index contributed by atoms with van der Waals surface area (Å²) in [6.45, 7) is 4.60. The largest absolute Gasteiger partial charge is 0.479 e. The van der Waals surface area contributed by atoms with Crippen LogP contribution in [-0.2, 0) is 19.1 Å². The molecule has 1 N–H and O–H groups in total. The fourth-order valence-corrected chi connectivity index (χ4v) is 2.97. The molecule has 1 amide bonds. The first-order chi connectivity index (χ1) is 14.2. The van der Waals surface area contributed by atoms with Gasteiger partial charge in [0.1, 0.15) is 5.75 Å². The van der Waals surface area contributed by atoms with Gasteiger partial charge in [-0.2, -0.15) is 0 Å². The molecule has 0 saturated carbocycles. The Balaban J connectivity index is 1.45. The molecule has 1 saturated heterocycles. The number of carbonyl (C=O) groups is 2. The molecule has 1 aliphatic heterocycles. The number of benzene rings is 2. The van der Waals surface area contributed by atoms with E-state index in [1.165, 1.54) is 0 Å².